The molecule has 0 aliphatic carbocycles. The molecule has 3 rings (SSSR count). The molecule has 1 aromatic carbocycles. The van der Waals surface area contributed by atoms with E-state index in [1.54, 1.807) is 11.5 Å². The molecule has 0 unspecified atom stereocenters. The number of amides is 1. The number of aromatic nitrogens is 3. The molecule has 6 nitrogen and oxygen atoms in total. The maximum atomic E-state index is 12.5. The van der Waals surface area contributed by atoms with Crippen molar-refractivity contribution in [3.05, 3.63) is 63.3 Å². The zero-order chi connectivity index (χ0) is 18.0. The van der Waals surface area contributed by atoms with Crippen molar-refractivity contribution in [1.29, 1.82) is 0 Å². The van der Waals surface area contributed by atoms with Gasteiger partial charge in [0.1, 0.15) is 11.4 Å². The van der Waals surface area contributed by atoms with Gasteiger partial charge in [-0.25, -0.2) is 4.98 Å². The summed E-state index contributed by atoms with van der Waals surface area (Å²) in [5, 5.41) is 2.83. The maximum absolute atomic E-state index is 12.5. The summed E-state index contributed by atoms with van der Waals surface area (Å²) in [6.45, 7) is 6.53. The molecule has 2 heterocycles. The number of carbonyl (C=O) groups excluding carboxylic acids is 1. The summed E-state index contributed by atoms with van der Waals surface area (Å²) in [6, 6.07) is 9.67. The average Bonchev–Trinajstić information content (AvgIpc) is 2.97. The van der Waals surface area contributed by atoms with Crippen molar-refractivity contribution in [3.8, 4) is 0 Å². The number of nitrogens with zero attached hydrogens (tertiary/aromatic N) is 2. The van der Waals surface area contributed by atoms with Crippen molar-refractivity contribution in [3.63, 3.8) is 0 Å². The predicted octanol–water partition coefficient (Wildman–Crippen LogP) is 2.33. The lowest BCUT2D eigenvalue weighted by Crippen LogP contribution is -2.35. The number of benzene rings is 1. The van der Waals surface area contributed by atoms with Gasteiger partial charge in [0.25, 0.3) is 11.5 Å². The number of carbonyl (C=O) groups is 1. The molecular formula is C19H22N4O2. The summed E-state index contributed by atoms with van der Waals surface area (Å²) in [4.78, 5) is 32.7. The van der Waals surface area contributed by atoms with Gasteiger partial charge in [0.2, 0.25) is 0 Å². The Labute approximate surface area is 145 Å². The van der Waals surface area contributed by atoms with Crippen LogP contribution >= 0.6 is 0 Å². The standard InChI is InChI=1S/C19H22N4O2/c1-4-23-13(3)11-12(2)17(19(23)25)18(24)20-10-9-16-21-14-7-5-6-8-15(14)22-16/h5-8,11H,4,9-10H2,1-3H3,(H,20,24)(H,21,22). The largest absolute Gasteiger partial charge is 0.351 e. The first kappa shape index (κ1) is 17.0. The molecule has 6 heteroatoms. The summed E-state index contributed by atoms with van der Waals surface area (Å²) < 4.78 is 1.61. The lowest BCUT2D eigenvalue weighted by atomic mass is 10.1. The lowest BCUT2D eigenvalue weighted by molar-refractivity contribution is 0.0951. The van der Waals surface area contributed by atoms with Gasteiger partial charge in [0, 0.05) is 25.2 Å². The van der Waals surface area contributed by atoms with Crippen LogP contribution in [0.1, 0.15) is 34.4 Å². The fourth-order valence-corrected chi connectivity index (χ4v) is 3.10. The number of nitrogens with one attached hydrogen (secondary N) is 2. The van der Waals surface area contributed by atoms with E-state index in [4.69, 9.17) is 0 Å². The van der Waals surface area contributed by atoms with Crippen LogP contribution in [0.2, 0.25) is 0 Å². The summed E-state index contributed by atoms with van der Waals surface area (Å²) in [5.41, 5.74) is 3.43. The van der Waals surface area contributed by atoms with Crippen LogP contribution in [-0.2, 0) is 13.0 Å². The minimum atomic E-state index is -0.333. The summed E-state index contributed by atoms with van der Waals surface area (Å²) >= 11 is 0. The second-order valence-electron chi connectivity index (χ2n) is 6.10. The number of aryl methyl sites for hydroxylation is 2. The highest BCUT2D eigenvalue weighted by Gasteiger charge is 2.16. The van der Waals surface area contributed by atoms with Crippen molar-refractivity contribution < 1.29 is 4.79 Å². The van der Waals surface area contributed by atoms with Gasteiger partial charge >= 0.3 is 0 Å². The molecule has 2 N–H and O–H groups in total. The summed E-state index contributed by atoms with van der Waals surface area (Å²) in [6.07, 6.45) is 0.577. The van der Waals surface area contributed by atoms with Crippen molar-refractivity contribution in [2.45, 2.75) is 33.7 Å². The molecule has 0 aliphatic rings. The van der Waals surface area contributed by atoms with Gasteiger partial charge in [-0.15, -0.1) is 0 Å². The molecule has 130 valence electrons. The van der Waals surface area contributed by atoms with Crippen LogP contribution in [0, 0.1) is 13.8 Å². The van der Waals surface area contributed by atoms with E-state index in [2.05, 4.69) is 15.3 Å². The third kappa shape index (κ3) is 3.33. The Morgan fingerprint density at radius 2 is 2.04 bits per heavy atom. The zero-order valence-electron chi connectivity index (χ0n) is 14.7. The first-order chi connectivity index (χ1) is 12.0. The average molecular weight is 338 g/mol. The molecule has 0 bridgehead atoms. The first-order valence-corrected chi connectivity index (χ1v) is 8.44. The number of aromatic amines is 1. The fourth-order valence-electron chi connectivity index (χ4n) is 3.10. The van der Waals surface area contributed by atoms with E-state index in [-0.39, 0.29) is 17.0 Å². The molecule has 0 spiro atoms. The predicted molar refractivity (Wildman–Crippen MR) is 98.0 cm³/mol. The van der Waals surface area contributed by atoms with E-state index in [9.17, 15) is 9.59 Å². The van der Waals surface area contributed by atoms with Crippen molar-refractivity contribution in [2.75, 3.05) is 6.54 Å². The van der Waals surface area contributed by atoms with Crippen LogP contribution in [-0.4, -0.2) is 27.0 Å². The Balaban J connectivity index is 1.71. The quantitative estimate of drug-likeness (QED) is 0.749. The second kappa shape index (κ2) is 6.93. The third-order valence-electron chi connectivity index (χ3n) is 4.33. The zero-order valence-corrected chi connectivity index (χ0v) is 14.7. The number of hydrogen-bond donors (Lipinski definition) is 2. The van der Waals surface area contributed by atoms with Gasteiger partial charge in [0.15, 0.2) is 0 Å². The van der Waals surface area contributed by atoms with Crippen molar-refractivity contribution in [1.82, 2.24) is 19.9 Å². The highest BCUT2D eigenvalue weighted by molar-refractivity contribution is 5.95. The topological polar surface area (TPSA) is 79.8 Å². The fraction of sp³-hybridized carbons (Fsp3) is 0.316. The second-order valence-corrected chi connectivity index (χ2v) is 6.10. The summed E-state index contributed by atoms with van der Waals surface area (Å²) in [5.74, 6) is 0.480. The molecule has 0 saturated heterocycles. The Bertz CT molecular complexity index is 952. The molecule has 25 heavy (non-hydrogen) atoms. The highest BCUT2D eigenvalue weighted by Crippen LogP contribution is 2.10. The lowest BCUT2D eigenvalue weighted by Gasteiger charge is -2.12. The number of H-pyrrole nitrogens is 1. The maximum Gasteiger partial charge on any atom is 0.263 e. The Morgan fingerprint density at radius 1 is 1.28 bits per heavy atom. The van der Waals surface area contributed by atoms with E-state index in [1.165, 1.54) is 0 Å². The van der Waals surface area contributed by atoms with E-state index < -0.39 is 0 Å². The van der Waals surface area contributed by atoms with Gasteiger partial charge in [-0.05, 0) is 44.5 Å². The van der Waals surface area contributed by atoms with Crippen molar-refractivity contribution >= 4 is 16.9 Å². The number of para-hydroxylation sites is 2. The molecule has 2 aromatic heterocycles. The van der Waals surface area contributed by atoms with Gasteiger partial charge in [0.05, 0.1) is 11.0 Å². The van der Waals surface area contributed by atoms with Crippen LogP contribution in [0.3, 0.4) is 0 Å². The SMILES string of the molecule is CCn1c(C)cc(C)c(C(=O)NCCc2nc3ccccc3[nH]2)c1=O. The Hall–Kier alpha value is -2.89. The molecular weight excluding hydrogens is 316 g/mol. The molecule has 0 fully saturated rings. The highest BCUT2D eigenvalue weighted by atomic mass is 16.2. The number of rotatable bonds is 5. The van der Waals surface area contributed by atoms with Crippen LogP contribution in [0.25, 0.3) is 11.0 Å². The van der Waals surface area contributed by atoms with Crippen LogP contribution < -0.4 is 10.9 Å². The van der Waals surface area contributed by atoms with Crippen LogP contribution in [0.4, 0.5) is 0 Å². The van der Waals surface area contributed by atoms with Gasteiger partial charge in [-0.1, -0.05) is 12.1 Å². The molecule has 0 aliphatic heterocycles. The molecule has 0 saturated carbocycles. The van der Waals surface area contributed by atoms with Gasteiger partial charge in [-0.2, -0.15) is 0 Å². The number of imidazole rings is 1. The Kier molecular flexibility index (Phi) is 4.70. The monoisotopic (exact) mass is 338 g/mol. The van der Waals surface area contributed by atoms with E-state index in [1.807, 2.05) is 44.2 Å². The van der Waals surface area contributed by atoms with E-state index in [0.29, 0.717) is 25.1 Å². The van der Waals surface area contributed by atoms with Crippen LogP contribution in [0.5, 0.6) is 0 Å². The molecule has 0 radical (unpaired) electrons. The first-order valence-electron chi connectivity index (χ1n) is 8.44. The van der Waals surface area contributed by atoms with Gasteiger partial charge in [-0.3, -0.25) is 9.59 Å². The third-order valence-corrected chi connectivity index (χ3v) is 4.33. The van der Waals surface area contributed by atoms with Gasteiger partial charge < -0.3 is 14.9 Å². The minimum Gasteiger partial charge on any atom is -0.351 e. The minimum absolute atomic E-state index is 0.219. The van der Waals surface area contributed by atoms with E-state index in [0.717, 1.165) is 22.6 Å². The number of fused-ring (bicyclic) bond motifs is 1. The molecule has 3 aromatic rings. The normalized spacial score (nSPS) is 11.0. The Morgan fingerprint density at radius 3 is 2.76 bits per heavy atom. The smallest absolute Gasteiger partial charge is 0.263 e. The van der Waals surface area contributed by atoms with Crippen molar-refractivity contribution in [2.24, 2.45) is 0 Å². The number of hydrogen-bond acceptors (Lipinski definition) is 3. The van der Waals surface area contributed by atoms with E-state index >= 15 is 0 Å². The summed E-state index contributed by atoms with van der Waals surface area (Å²) in [7, 11) is 0. The number of pyridine rings is 1. The van der Waals surface area contributed by atoms with Crippen LogP contribution in [0.15, 0.2) is 35.1 Å². The molecule has 0 atom stereocenters. The molecule has 1 amide bonds.